The van der Waals surface area contributed by atoms with Crippen molar-refractivity contribution in [1.29, 1.82) is 0 Å². The standard InChI is InChI=1S/C17H18FNO6S/c1-2-23-16(21)9-15-19(14(20)11-26-15)7-8-24-17(22)10-25-13-6-4-3-5-12(13)18/h3-6,9H,2,7-8,10-11H2,1H3/b15-9-. The van der Waals surface area contributed by atoms with E-state index in [0.29, 0.717) is 5.03 Å². The maximum absolute atomic E-state index is 13.4. The van der Waals surface area contributed by atoms with E-state index in [2.05, 4.69) is 0 Å². The topological polar surface area (TPSA) is 82.1 Å². The van der Waals surface area contributed by atoms with Crippen LogP contribution in [0.4, 0.5) is 4.39 Å². The van der Waals surface area contributed by atoms with Gasteiger partial charge in [0.1, 0.15) is 6.61 Å². The third-order valence-corrected chi connectivity index (χ3v) is 4.22. The summed E-state index contributed by atoms with van der Waals surface area (Å²) >= 11 is 1.21. The fourth-order valence-electron chi connectivity index (χ4n) is 2.04. The third-order valence-electron chi connectivity index (χ3n) is 3.20. The van der Waals surface area contributed by atoms with Crippen molar-refractivity contribution in [3.05, 3.63) is 41.2 Å². The fourth-order valence-corrected chi connectivity index (χ4v) is 3.00. The van der Waals surface area contributed by atoms with Gasteiger partial charge in [-0.25, -0.2) is 14.0 Å². The molecule has 1 aromatic carbocycles. The molecule has 1 fully saturated rings. The van der Waals surface area contributed by atoms with E-state index in [9.17, 15) is 18.8 Å². The highest BCUT2D eigenvalue weighted by Crippen LogP contribution is 2.28. The van der Waals surface area contributed by atoms with Crippen LogP contribution >= 0.6 is 11.8 Å². The summed E-state index contributed by atoms with van der Waals surface area (Å²) in [5.74, 6) is -1.84. The normalized spacial score (nSPS) is 15.2. The van der Waals surface area contributed by atoms with Crippen LogP contribution in [0.1, 0.15) is 6.92 Å². The van der Waals surface area contributed by atoms with E-state index in [1.165, 1.54) is 40.9 Å². The number of carbonyl (C=O) groups excluding carboxylic acids is 3. The van der Waals surface area contributed by atoms with Crippen LogP contribution in [0.5, 0.6) is 5.75 Å². The number of halogens is 1. The van der Waals surface area contributed by atoms with Crippen molar-refractivity contribution < 1.29 is 33.0 Å². The number of hydrogen-bond acceptors (Lipinski definition) is 7. The zero-order chi connectivity index (χ0) is 18.9. The molecule has 1 aromatic rings. The molecule has 0 saturated carbocycles. The molecular formula is C17H18FNO6S. The van der Waals surface area contributed by atoms with Crippen LogP contribution in [-0.4, -0.2) is 54.9 Å². The van der Waals surface area contributed by atoms with Gasteiger partial charge in [-0.2, -0.15) is 0 Å². The molecule has 9 heteroatoms. The second-order valence-electron chi connectivity index (χ2n) is 5.01. The van der Waals surface area contributed by atoms with Gasteiger partial charge in [0.05, 0.1) is 30.0 Å². The molecule has 0 aromatic heterocycles. The molecule has 0 radical (unpaired) electrons. The predicted molar refractivity (Wildman–Crippen MR) is 91.7 cm³/mol. The Bertz CT molecular complexity index is 708. The van der Waals surface area contributed by atoms with Gasteiger partial charge in [0.15, 0.2) is 18.2 Å². The zero-order valence-corrected chi connectivity index (χ0v) is 14.9. The van der Waals surface area contributed by atoms with Gasteiger partial charge in [0.25, 0.3) is 0 Å². The molecule has 1 aliphatic rings. The number of amides is 1. The molecule has 7 nitrogen and oxygen atoms in total. The molecule has 1 saturated heterocycles. The molecule has 1 amide bonds. The maximum Gasteiger partial charge on any atom is 0.344 e. The molecule has 0 unspecified atom stereocenters. The van der Waals surface area contributed by atoms with Crippen molar-refractivity contribution in [2.45, 2.75) is 6.92 Å². The average Bonchev–Trinajstić information content (AvgIpc) is 2.94. The Kier molecular flexibility index (Phi) is 7.46. The van der Waals surface area contributed by atoms with Gasteiger partial charge in [0.2, 0.25) is 5.91 Å². The van der Waals surface area contributed by atoms with Gasteiger partial charge >= 0.3 is 11.9 Å². The zero-order valence-electron chi connectivity index (χ0n) is 14.1. The van der Waals surface area contributed by atoms with Gasteiger partial charge in [-0.3, -0.25) is 4.79 Å². The van der Waals surface area contributed by atoms with Crippen LogP contribution in [0.25, 0.3) is 0 Å². The number of hydrogen-bond donors (Lipinski definition) is 0. The van der Waals surface area contributed by atoms with Crippen molar-refractivity contribution in [2.24, 2.45) is 0 Å². The average molecular weight is 383 g/mol. The van der Waals surface area contributed by atoms with Gasteiger partial charge in [-0.15, -0.1) is 0 Å². The smallest absolute Gasteiger partial charge is 0.344 e. The third kappa shape index (κ3) is 5.76. The van der Waals surface area contributed by atoms with Crippen LogP contribution in [0.2, 0.25) is 0 Å². The quantitative estimate of drug-likeness (QED) is 0.499. The molecule has 1 aliphatic heterocycles. The molecule has 0 atom stereocenters. The predicted octanol–water partition coefficient (Wildman–Crippen LogP) is 1.73. The van der Waals surface area contributed by atoms with Crippen molar-refractivity contribution in [1.82, 2.24) is 4.90 Å². The lowest BCUT2D eigenvalue weighted by atomic mass is 10.3. The van der Waals surface area contributed by atoms with E-state index >= 15 is 0 Å². The summed E-state index contributed by atoms with van der Waals surface area (Å²) in [6.45, 7) is 1.49. The Morgan fingerprint density at radius 3 is 2.81 bits per heavy atom. The minimum Gasteiger partial charge on any atom is -0.479 e. The minimum atomic E-state index is -0.691. The summed E-state index contributed by atoms with van der Waals surface area (Å²) in [6.07, 6.45) is 1.24. The number of rotatable bonds is 8. The van der Waals surface area contributed by atoms with E-state index < -0.39 is 24.4 Å². The van der Waals surface area contributed by atoms with Crippen LogP contribution in [0.3, 0.4) is 0 Å². The number of carbonyl (C=O) groups is 3. The first-order valence-corrected chi connectivity index (χ1v) is 8.84. The lowest BCUT2D eigenvalue weighted by molar-refractivity contribution is -0.147. The first-order valence-electron chi connectivity index (χ1n) is 7.85. The van der Waals surface area contributed by atoms with Crippen LogP contribution in [0.15, 0.2) is 35.4 Å². The molecule has 1 heterocycles. The molecule has 0 bridgehead atoms. The van der Waals surface area contributed by atoms with Crippen LogP contribution < -0.4 is 4.74 Å². The second-order valence-corrected chi connectivity index (χ2v) is 6.00. The molecule has 26 heavy (non-hydrogen) atoms. The highest BCUT2D eigenvalue weighted by atomic mass is 32.2. The monoisotopic (exact) mass is 383 g/mol. The first kappa shape index (κ1) is 19.8. The van der Waals surface area contributed by atoms with Crippen LogP contribution in [-0.2, 0) is 23.9 Å². The Balaban J connectivity index is 1.78. The molecular weight excluding hydrogens is 365 g/mol. The van der Waals surface area contributed by atoms with Crippen LogP contribution in [0, 0.1) is 5.82 Å². The van der Waals surface area contributed by atoms with Crippen molar-refractivity contribution in [3.63, 3.8) is 0 Å². The van der Waals surface area contributed by atoms with E-state index in [4.69, 9.17) is 14.2 Å². The number of thioether (sulfide) groups is 1. The number of benzene rings is 1. The van der Waals surface area contributed by atoms with Crippen molar-refractivity contribution >= 4 is 29.6 Å². The molecule has 140 valence electrons. The molecule has 0 spiro atoms. The van der Waals surface area contributed by atoms with Gasteiger partial charge in [0, 0.05) is 0 Å². The SMILES string of the molecule is CCOC(=O)/C=C1\SCC(=O)N1CCOC(=O)COc1ccccc1F. The maximum atomic E-state index is 13.4. The molecule has 0 aliphatic carbocycles. The highest BCUT2D eigenvalue weighted by molar-refractivity contribution is 8.04. The van der Waals surface area contributed by atoms with Gasteiger partial charge in [-0.05, 0) is 19.1 Å². The van der Waals surface area contributed by atoms with Gasteiger partial charge < -0.3 is 19.1 Å². The Morgan fingerprint density at radius 1 is 1.31 bits per heavy atom. The van der Waals surface area contributed by atoms with E-state index in [0.717, 1.165) is 0 Å². The van der Waals surface area contributed by atoms with Gasteiger partial charge in [-0.1, -0.05) is 23.9 Å². The fraction of sp³-hybridized carbons (Fsp3) is 0.353. The largest absolute Gasteiger partial charge is 0.479 e. The summed E-state index contributed by atoms with van der Waals surface area (Å²) in [7, 11) is 0. The Labute approximate surface area is 154 Å². The highest BCUT2D eigenvalue weighted by Gasteiger charge is 2.27. The van der Waals surface area contributed by atoms with E-state index in [1.54, 1.807) is 13.0 Å². The number of nitrogens with zero attached hydrogens (tertiary/aromatic N) is 1. The van der Waals surface area contributed by atoms with Crippen molar-refractivity contribution in [3.8, 4) is 5.75 Å². The summed E-state index contributed by atoms with van der Waals surface area (Å²) in [5, 5.41) is 0.451. The van der Waals surface area contributed by atoms with Crippen molar-refractivity contribution in [2.75, 3.05) is 32.1 Å². The summed E-state index contributed by atoms with van der Waals surface area (Å²) in [5.41, 5.74) is 0. The molecule has 0 N–H and O–H groups in total. The lowest BCUT2D eigenvalue weighted by Crippen LogP contribution is -2.30. The number of ether oxygens (including phenoxy) is 3. The molecule has 2 rings (SSSR count). The number of para-hydroxylation sites is 1. The first-order chi connectivity index (χ1) is 12.5. The minimum absolute atomic E-state index is 0.0461. The summed E-state index contributed by atoms with van der Waals surface area (Å²) in [4.78, 5) is 36.4. The summed E-state index contributed by atoms with van der Waals surface area (Å²) in [6, 6.07) is 5.70. The Morgan fingerprint density at radius 2 is 2.08 bits per heavy atom. The second kappa shape index (κ2) is 9.81. The lowest BCUT2D eigenvalue weighted by Gasteiger charge is -2.16. The summed E-state index contributed by atoms with van der Waals surface area (Å²) < 4.78 is 28.2. The van der Waals surface area contributed by atoms with E-state index in [1.807, 2.05) is 0 Å². The van der Waals surface area contributed by atoms with E-state index in [-0.39, 0.29) is 37.2 Å². The Hall–Kier alpha value is -2.55. The number of esters is 2.